The zero-order valence-corrected chi connectivity index (χ0v) is 12.9. The molecule has 0 aliphatic carbocycles. The van der Waals surface area contributed by atoms with Crippen LogP contribution in [0.3, 0.4) is 0 Å². The lowest BCUT2D eigenvalue weighted by molar-refractivity contribution is 0.122. The first-order chi connectivity index (χ1) is 10.3. The Bertz CT molecular complexity index is 477. The van der Waals surface area contributed by atoms with Gasteiger partial charge in [-0.3, -0.25) is 0 Å². The van der Waals surface area contributed by atoms with E-state index in [0.717, 1.165) is 51.3 Å². The molecule has 3 heterocycles. The Morgan fingerprint density at radius 3 is 2.43 bits per heavy atom. The normalized spacial score (nSPS) is 23.2. The van der Waals surface area contributed by atoms with Crippen LogP contribution >= 0.6 is 0 Å². The van der Waals surface area contributed by atoms with E-state index in [1.807, 2.05) is 7.05 Å². The van der Waals surface area contributed by atoms with Crippen molar-refractivity contribution in [1.29, 1.82) is 0 Å². The molecule has 0 aromatic carbocycles. The third-order valence-electron chi connectivity index (χ3n) is 4.07. The van der Waals surface area contributed by atoms with Crippen LogP contribution in [0.25, 0.3) is 0 Å². The van der Waals surface area contributed by atoms with E-state index in [0.29, 0.717) is 11.9 Å². The summed E-state index contributed by atoms with van der Waals surface area (Å²) in [5.41, 5.74) is 0. The highest BCUT2D eigenvalue weighted by atomic mass is 16.5. The number of piperidine rings is 1. The van der Waals surface area contributed by atoms with Crippen LogP contribution in [0.2, 0.25) is 0 Å². The average molecular weight is 292 g/mol. The van der Waals surface area contributed by atoms with Gasteiger partial charge in [0.2, 0.25) is 17.8 Å². The summed E-state index contributed by atoms with van der Waals surface area (Å²) < 4.78 is 5.40. The van der Waals surface area contributed by atoms with Gasteiger partial charge in [0.25, 0.3) is 0 Å². The van der Waals surface area contributed by atoms with E-state index >= 15 is 0 Å². The smallest absolute Gasteiger partial charge is 0.232 e. The standard InChI is InChI=1S/C14H24N6O/c1-11-4-3-5-20(10-11)14-17-12(15-2)16-13(18-14)19-6-8-21-9-7-19/h11H,3-10H2,1-2H3,(H,15,16,17,18). The van der Waals surface area contributed by atoms with Crippen molar-refractivity contribution < 1.29 is 4.74 Å². The zero-order chi connectivity index (χ0) is 14.7. The summed E-state index contributed by atoms with van der Waals surface area (Å²) in [5, 5.41) is 3.05. The summed E-state index contributed by atoms with van der Waals surface area (Å²) in [6, 6.07) is 0. The SMILES string of the molecule is CNc1nc(N2CCOCC2)nc(N2CCCC(C)C2)n1. The van der Waals surface area contributed by atoms with Gasteiger partial charge in [0.15, 0.2) is 0 Å². The van der Waals surface area contributed by atoms with E-state index in [1.165, 1.54) is 12.8 Å². The average Bonchev–Trinajstić information content (AvgIpc) is 2.55. The van der Waals surface area contributed by atoms with E-state index in [-0.39, 0.29) is 0 Å². The molecule has 116 valence electrons. The molecule has 0 radical (unpaired) electrons. The number of hydrogen-bond donors (Lipinski definition) is 1. The summed E-state index contributed by atoms with van der Waals surface area (Å²) >= 11 is 0. The van der Waals surface area contributed by atoms with E-state index in [2.05, 4.69) is 32.0 Å². The lowest BCUT2D eigenvalue weighted by Gasteiger charge is -2.32. The van der Waals surface area contributed by atoms with Crippen LogP contribution < -0.4 is 15.1 Å². The third-order valence-corrected chi connectivity index (χ3v) is 4.07. The lowest BCUT2D eigenvalue weighted by Crippen LogP contribution is -2.39. The molecule has 1 aromatic rings. The maximum absolute atomic E-state index is 5.40. The van der Waals surface area contributed by atoms with Crippen LogP contribution in [0.4, 0.5) is 17.8 Å². The van der Waals surface area contributed by atoms with Gasteiger partial charge in [-0.15, -0.1) is 0 Å². The monoisotopic (exact) mass is 292 g/mol. The van der Waals surface area contributed by atoms with Crippen LogP contribution in [0.5, 0.6) is 0 Å². The summed E-state index contributed by atoms with van der Waals surface area (Å²) in [7, 11) is 1.85. The number of rotatable bonds is 3. The molecule has 2 saturated heterocycles. The minimum atomic E-state index is 0.639. The van der Waals surface area contributed by atoms with Gasteiger partial charge in [0.05, 0.1) is 13.2 Å². The second-order valence-electron chi connectivity index (χ2n) is 5.80. The Labute approximate surface area is 125 Å². The maximum Gasteiger partial charge on any atom is 0.232 e. The molecule has 1 unspecified atom stereocenters. The highest BCUT2D eigenvalue weighted by molar-refractivity contribution is 5.45. The fourth-order valence-electron chi connectivity index (χ4n) is 2.88. The van der Waals surface area contributed by atoms with Crippen molar-refractivity contribution in [3.8, 4) is 0 Å². The van der Waals surface area contributed by atoms with Gasteiger partial charge in [0.1, 0.15) is 0 Å². The first kappa shape index (κ1) is 14.3. The third kappa shape index (κ3) is 3.34. The van der Waals surface area contributed by atoms with Crippen LogP contribution in [0.15, 0.2) is 0 Å². The Hall–Kier alpha value is -1.63. The molecular weight excluding hydrogens is 268 g/mol. The summed E-state index contributed by atoms with van der Waals surface area (Å²) in [5.74, 6) is 2.88. The summed E-state index contributed by atoms with van der Waals surface area (Å²) in [6.45, 7) is 7.48. The second kappa shape index (κ2) is 6.43. The highest BCUT2D eigenvalue weighted by Crippen LogP contribution is 2.22. The van der Waals surface area contributed by atoms with E-state index < -0.39 is 0 Å². The molecule has 2 aliphatic heterocycles. The number of aromatic nitrogens is 3. The number of hydrogen-bond acceptors (Lipinski definition) is 7. The minimum absolute atomic E-state index is 0.639. The molecule has 1 atom stereocenters. The van der Waals surface area contributed by atoms with E-state index in [9.17, 15) is 0 Å². The van der Waals surface area contributed by atoms with Gasteiger partial charge in [-0.2, -0.15) is 15.0 Å². The molecule has 7 heteroatoms. The summed E-state index contributed by atoms with van der Waals surface area (Å²) in [6.07, 6.45) is 2.49. The number of nitrogens with one attached hydrogen (secondary N) is 1. The quantitative estimate of drug-likeness (QED) is 0.891. The van der Waals surface area contributed by atoms with Gasteiger partial charge in [-0.25, -0.2) is 0 Å². The van der Waals surface area contributed by atoms with Crippen molar-refractivity contribution in [3.05, 3.63) is 0 Å². The van der Waals surface area contributed by atoms with Crippen LogP contribution in [-0.2, 0) is 4.74 Å². The molecule has 2 aliphatic rings. The van der Waals surface area contributed by atoms with Gasteiger partial charge in [-0.1, -0.05) is 6.92 Å². The number of morpholine rings is 1. The molecule has 0 spiro atoms. The van der Waals surface area contributed by atoms with Gasteiger partial charge in [-0.05, 0) is 18.8 Å². The molecule has 21 heavy (non-hydrogen) atoms. The molecular formula is C14H24N6O. The van der Waals surface area contributed by atoms with Crippen molar-refractivity contribution in [2.75, 3.05) is 61.6 Å². The first-order valence-corrected chi connectivity index (χ1v) is 7.77. The van der Waals surface area contributed by atoms with Crippen molar-refractivity contribution in [2.24, 2.45) is 5.92 Å². The van der Waals surface area contributed by atoms with E-state index in [1.54, 1.807) is 0 Å². The number of ether oxygens (including phenoxy) is 1. The maximum atomic E-state index is 5.40. The van der Waals surface area contributed by atoms with Crippen molar-refractivity contribution in [1.82, 2.24) is 15.0 Å². The molecule has 0 saturated carbocycles. The molecule has 1 aromatic heterocycles. The molecule has 7 nitrogen and oxygen atoms in total. The van der Waals surface area contributed by atoms with Gasteiger partial charge in [0, 0.05) is 33.2 Å². The first-order valence-electron chi connectivity index (χ1n) is 7.77. The highest BCUT2D eigenvalue weighted by Gasteiger charge is 2.22. The van der Waals surface area contributed by atoms with Gasteiger partial charge >= 0.3 is 0 Å². The van der Waals surface area contributed by atoms with Crippen molar-refractivity contribution >= 4 is 17.8 Å². The predicted molar refractivity (Wildman–Crippen MR) is 83.0 cm³/mol. The predicted octanol–water partition coefficient (Wildman–Crippen LogP) is 0.986. The molecule has 0 amide bonds. The number of nitrogens with zero attached hydrogens (tertiary/aromatic N) is 5. The fourth-order valence-corrected chi connectivity index (χ4v) is 2.88. The van der Waals surface area contributed by atoms with Crippen molar-refractivity contribution in [2.45, 2.75) is 19.8 Å². The lowest BCUT2D eigenvalue weighted by atomic mass is 10.0. The van der Waals surface area contributed by atoms with Crippen LogP contribution in [0.1, 0.15) is 19.8 Å². The second-order valence-corrected chi connectivity index (χ2v) is 5.80. The van der Waals surface area contributed by atoms with Gasteiger partial charge < -0.3 is 19.9 Å². The van der Waals surface area contributed by atoms with E-state index in [4.69, 9.17) is 9.72 Å². The minimum Gasteiger partial charge on any atom is -0.378 e. The Kier molecular flexibility index (Phi) is 4.38. The largest absolute Gasteiger partial charge is 0.378 e. The molecule has 1 N–H and O–H groups in total. The van der Waals surface area contributed by atoms with Crippen LogP contribution in [0, 0.1) is 5.92 Å². The van der Waals surface area contributed by atoms with Crippen LogP contribution in [-0.4, -0.2) is 61.4 Å². The van der Waals surface area contributed by atoms with Crippen molar-refractivity contribution in [3.63, 3.8) is 0 Å². The Morgan fingerprint density at radius 1 is 1.05 bits per heavy atom. The molecule has 2 fully saturated rings. The summed E-state index contributed by atoms with van der Waals surface area (Å²) in [4.78, 5) is 18.2. The Balaban J connectivity index is 1.85. The Morgan fingerprint density at radius 2 is 1.76 bits per heavy atom. The topological polar surface area (TPSA) is 66.4 Å². The zero-order valence-electron chi connectivity index (χ0n) is 12.9. The molecule has 0 bridgehead atoms. The fraction of sp³-hybridized carbons (Fsp3) is 0.786. The molecule has 3 rings (SSSR count). The number of anilines is 3.